The molecule has 1 amide bonds. The standard InChI is InChI=1S/C25H24N4O2S2/c1-2-32-21-10-8-18(9-11-21)23-19(17-29(27-23)20-6-4-3-5-7-20)16-22-24(30)26-25(33-22)28-12-14-31-15-13-28/h3-11,16-17H,2,12-15H2,1H3/b22-16-. The first kappa shape index (κ1) is 22.0. The molecule has 2 aliphatic rings. The lowest BCUT2D eigenvalue weighted by Gasteiger charge is -2.27. The number of para-hydroxylation sites is 1. The molecule has 3 aromatic rings. The van der Waals surface area contributed by atoms with E-state index in [9.17, 15) is 4.79 Å². The van der Waals surface area contributed by atoms with E-state index in [1.807, 2.05) is 59.0 Å². The van der Waals surface area contributed by atoms with E-state index in [4.69, 9.17) is 9.84 Å². The minimum absolute atomic E-state index is 0.199. The molecule has 6 nitrogen and oxygen atoms in total. The van der Waals surface area contributed by atoms with Crippen LogP contribution in [-0.2, 0) is 9.53 Å². The summed E-state index contributed by atoms with van der Waals surface area (Å²) in [6, 6.07) is 18.4. The fraction of sp³-hybridized carbons (Fsp3) is 0.240. The van der Waals surface area contributed by atoms with Crippen LogP contribution in [0.5, 0.6) is 0 Å². The number of carbonyl (C=O) groups is 1. The van der Waals surface area contributed by atoms with Crippen molar-refractivity contribution in [3.05, 3.63) is 71.3 Å². The maximum absolute atomic E-state index is 12.7. The summed E-state index contributed by atoms with van der Waals surface area (Å²) >= 11 is 3.24. The van der Waals surface area contributed by atoms with Gasteiger partial charge in [-0.05, 0) is 47.9 Å². The van der Waals surface area contributed by atoms with Crippen molar-refractivity contribution in [2.45, 2.75) is 11.8 Å². The summed E-state index contributed by atoms with van der Waals surface area (Å²) in [4.78, 5) is 21.0. The summed E-state index contributed by atoms with van der Waals surface area (Å²) in [5.74, 6) is 0.832. The number of thioether (sulfide) groups is 2. The Bertz CT molecular complexity index is 1200. The molecule has 0 saturated carbocycles. The van der Waals surface area contributed by atoms with Crippen LogP contribution in [-0.4, -0.2) is 57.8 Å². The average molecular weight is 477 g/mol. The molecule has 0 atom stereocenters. The highest BCUT2D eigenvalue weighted by Gasteiger charge is 2.27. The van der Waals surface area contributed by atoms with Crippen LogP contribution in [0, 0.1) is 0 Å². The van der Waals surface area contributed by atoms with Crippen molar-refractivity contribution < 1.29 is 9.53 Å². The molecule has 1 fully saturated rings. The van der Waals surface area contributed by atoms with Gasteiger partial charge in [0.2, 0.25) is 0 Å². The number of hydrogen-bond acceptors (Lipinski definition) is 6. The Kier molecular flexibility index (Phi) is 6.66. The van der Waals surface area contributed by atoms with Crippen molar-refractivity contribution in [1.82, 2.24) is 14.7 Å². The second-order valence-corrected chi connectivity index (χ2v) is 9.93. The van der Waals surface area contributed by atoms with E-state index in [2.05, 4.69) is 41.1 Å². The van der Waals surface area contributed by atoms with Gasteiger partial charge in [0.25, 0.3) is 5.91 Å². The second-order valence-electron chi connectivity index (χ2n) is 7.58. The number of morpholine rings is 1. The first-order valence-electron chi connectivity index (χ1n) is 10.9. The van der Waals surface area contributed by atoms with Crippen LogP contribution in [0.2, 0.25) is 0 Å². The van der Waals surface area contributed by atoms with Crippen molar-refractivity contribution in [2.75, 3.05) is 32.1 Å². The van der Waals surface area contributed by atoms with E-state index in [1.54, 1.807) is 0 Å². The van der Waals surface area contributed by atoms with Gasteiger partial charge in [-0.25, -0.2) is 4.68 Å². The Labute approximate surface area is 201 Å². The van der Waals surface area contributed by atoms with Gasteiger partial charge in [-0.1, -0.05) is 37.3 Å². The van der Waals surface area contributed by atoms with Crippen LogP contribution in [0.3, 0.4) is 0 Å². The SMILES string of the molecule is CCSc1ccc(-c2nn(-c3ccccc3)cc2/C=C2\SC(N3CCOCC3)=NC2=O)cc1. The summed E-state index contributed by atoms with van der Waals surface area (Å²) in [5.41, 5.74) is 3.72. The maximum atomic E-state index is 12.7. The number of nitrogens with zero attached hydrogens (tertiary/aromatic N) is 4. The molecular weight excluding hydrogens is 452 g/mol. The minimum atomic E-state index is -0.199. The number of benzene rings is 2. The monoisotopic (exact) mass is 476 g/mol. The van der Waals surface area contributed by atoms with Crippen LogP contribution in [0.4, 0.5) is 0 Å². The highest BCUT2D eigenvalue weighted by molar-refractivity contribution is 8.18. The Balaban J connectivity index is 1.49. The van der Waals surface area contributed by atoms with Gasteiger partial charge < -0.3 is 9.64 Å². The number of aliphatic imine (C=N–C) groups is 1. The molecule has 2 aromatic carbocycles. The third kappa shape index (κ3) is 4.93. The number of carbonyl (C=O) groups excluding carboxylic acids is 1. The number of rotatable bonds is 5. The third-order valence-electron chi connectivity index (χ3n) is 5.38. The summed E-state index contributed by atoms with van der Waals surface area (Å²) in [7, 11) is 0. The Morgan fingerprint density at radius 2 is 1.85 bits per heavy atom. The van der Waals surface area contributed by atoms with E-state index in [-0.39, 0.29) is 5.91 Å². The summed E-state index contributed by atoms with van der Waals surface area (Å²) in [6.45, 7) is 4.98. The van der Waals surface area contributed by atoms with Gasteiger partial charge in [0.1, 0.15) is 0 Å². The van der Waals surface area contributed by atoms with Crippen LogP contribution in [0.1, 0.15) is 12.5 Å². The van der Waals surface area contributed by atoms with Crippen LogP contribution < -0.4 is 0 Å². The van der Waals surface area contributed by atoms with Gasteiger partial charge in [-0.15, -0.1) is 11.8 Å². The fourth-order valence-corrected chi connectivity index (χ4v) is 5.35. The van der Waals surface area contributed by atoms with Crippen molar-refractivity contribution in [2.24, 2.45) is 4.99 Å². The van der Waals surface area contributed by atoms with E-state index in [1.165, 1.54) is 16.7 Å². The third-order valence-corrected chi connectivity index (χ3v) is 7.32. The van der Waals surface area contributed by atoms with Crippen molar-refractivity contribution in [3.8, 4) is 16.9 Å². The first-order chi connectivity index (χ1) is 16.2. The zero-order valence-electron chi connectivity index (χ0n) is 18.3. The van der Waals surface area contributed by atoms with Crippen LogP contribution in [0.15, 0.2) is 75.6 Å². The average Bonchev–Trinajstić information content (AvgIpc) is 3.45. The van der Waals surface area contributed by atoms with Gasteiger partial charge in [-0.3, -0.25) is 4.79 Å². The fourth-order valence-electron chi connectivity index (χ4n) is 3.74. The number of amidine groups is 1. The van der Waals surface area contributed by atoms with Crippen LogP contribution >= 0.6 is 23.5 Å². The summed E-state index contributed by atoms with van der Waals surface area (Å²) < 4.78 is 7.29. The molecule has 0 N–H and O–H groups in total. The quantitative estimate of drug-likeness (QED) is 0.383. The molecular formula is C25H24N4O2S2. The molecule has 168 valence electrons. The molecule has 0 bridgehead atoms. The predicted octanol–water partition coefficient (Wildman–Crippen LogP) is 4.95. The zero-order valence-corrected chi connectivity index (χ0v) is 19.9. The highest BCUT2D eigenvalue weighted by Crippen LogP contribution is 2.34. The van der Waals surface area contributed by atoms with Crippen molar-refractivity contribution in [3.63, 3.8) is 0 Å². The van der Waals surface area contributed by atoms with Gasteiger partial charge >= 0.3 is 0 Å². The Hall–Kier alpha value is -2.81. The van der Waals surface area contributed by atoms with Crippen LogP contribution in [0.25, 0.3) is 23.0 Å². The number of amides is 1. The molecule has 5 rings (SSSR count). The van der Waals surface area contributed by atoms with Gasteiger partial charge in [0.15, 0.2) is 5.17 Å². The summed E-state index contributed by atoms with van der Waals surface area (Å²) in [6.07, 6.45) is 3.90. The number of ether oxygens (including phenoxy) is 1. The molecule has 0 unspecified atom stereocenters. The molecule has 0 spiro atoms. The van der Waals surface area contributed by atoms with Gasteiger partial charge in [0, 0.05) is 35.3 Å². The van der Waals surface area contributed by atoms with Gasteiger partial charge in [-0.2, -0.15) is 10.1 Å². The topological polar surface area (TPSA) is 59.7 Å². The molecule has 3 heterocycles. The molecule has 8 heteroatoms. The number of aromatic nitrogens is 2. The summed E-state index contributed by atoms with van der Waals surface area (Å²) in [5, 5.41) is 5.64. The second kappa shape index (κ2) is 9.99. The molecule has 1 saturated heterocycles. The largest absolute Gasteiger partial charge is 0.378 e. The molecule has 33 heavy (non-hydrogen) atoms. The van der Waals surface area contributed by atoms with Crippen molar-refractivity contribution >= 4 is 40.7 Å². The first-order valence-corrected chi connectivity index (χ1v) is 12.7. The normalized spacial score (nSPS) is 17.6. The van der Waals surface area contributed by atoms with E-state index < -0.39 is 0 Å². The maximum Gasteiger partial charge on any atom is 0.286 e. The molecule has 0 radical (unpaired) electrons. The molecule has 2 aliphatic heterocycles. The van der Waals surface area contributed by atoms with Gasteiger partial charge in [0.05, 0.1) is 29.5 Å². The van der Waals surface area contributed by atoms with Crippen molar-refractivity contribution in [1.29, 1.82) is 0 Å². The molecule has 0 aliphatic carbocycles. The zero-order chi connectivity index (χ0) is 22.6. The lowest BCUT2D eigenvalue weighted by atomic mass is 10.1. The smallest absolute Gasteiger partial charge is 0.286 e. The minimum Gasteiger partial charge on any atom is -0.378 e. The van der Waals surface area contributed by atoms with E-state index in [0.29, 0.717) is 18.1 Å². The Morgan fingerprint density at radius 1 is 1.09 bits per heavy atom. The Morgan fingerprint density at radius 3 is 2.58 bits per heavy atom. The highest BCUT2D eigenvalue weighted by atomic mass is 32.2. The lowest BCUT2D eigenvalue weighted by Crippen LogP contribution is -2.38. The van der Waals surface area contributed by atoms with E-state index in [0.717, 1.165) is 46.5 Å². The number of hydrogen-bond donors (Lipinski definition) is 0. The molecule has 1 aromatic heterocycles. The van der Waals surface area contributed by atoms with E-state index >= 15 is 0 Å². The predicted molar refractivity (Wildman–Crippen MR) is 136 cm³/mol. The lowest BCUT2D eigenvalue weighted by molar-refractivity contribution is -0.113.